The van der Waals surface area contributed by atoms with Crippen LogP contribution in [-0.2, 0) is 6.42 Å². The van der Waals surface area contributed by atoms with Crippen LogP contribution >= 0.6 is 23.2 Å². The third-order valence-electron chi connectivity index (χ3n) is 3.60. The van der Waals surface area contributed by atoms with Crippen LogP contribution in [0, 0.1) is 0 Å². The zero-order valence-electron chi connectivity index (χ0n) is 11.3. The molecule has 3 rings (SSSR count). The zero-order valence-corrected chi connectivity index (χ0v) is 12.8. The molecule has 0 amide bonds. The van der Waals surface area contributed by atoms with Crippen molar-refractivity contribution in [2.45, 2.75) is 12.5 Å². The number of rotatable bonds is 3. The molecule has 3 aromatic carbocycles. The van der Waals surface area contributed by atoms with Crippen LogP contribution in [0.1, 0.15) is 17.2 Å². The van der Waals surface area contributed by atoms with Gasteiger partial charge in [-0.05, 0) is 40.1 Å². The van der Waals surface area contributed by atoms with E-state index >= 15 is 0 Å². The van der Waals surface area contributed by atoms with Crippen molar-refractivity contribution < 1.29 is 5.11 Å². The first-order valence-corrected chi connectivity index (χ1v) is 7.50. The van der Waals surface area contributed by atoms with E-state index < -0.39 is 6.10 Å². The van der Waals surface area contributed by atoms with Gasteiger partial charge < -0.3 is 5.11 Å². The highest BCUT2D eigenvalue weighted by Gasteiger charge is 2.13. The van der Waals surface area contributed by atoms with E-state index in [0.717, 1.165) is 21.9 Å². The Kier molecular flexibility index (Phi) is 4.16. The summed E-state index contributed by atoms with van der Waals surface area (Å²) in [7, 11) is 0. The van der Waals surface area contributed by atoms with Crippen molar-refractivity contribution in [2.75, 3.05) is 0 Å². The number of fused-ring (bicyclic) bond motifs is 1. The minimum Gasteiger partial charge on any atom is -0.388 e. The molecule has 0 radical (unpaired) electrons. The van der Waals surface area contributed by atoms with E-state index in [1.165, 1.54) is 0 Å². The molecule has 1 N–H and O–H groups in total. The van der Waals surface area contributed by atoms with Crippen LogP contribution in [-0.4, -0.2) is 5.11 Å². The highest BCUT2D eigenvalue weighted by Crippen LogP contribution is 2.29. The molecule has 3 heteroatoms. The average molecular weight is 317 g/mol. The Hall–Kier alpha value is -1.54. The lowest BCUT2D eigenvalue weighted by atomic mass is 9.96. The highest BCUT2D eigenvalue weighted by atomic mass is 35.5. The fraction of sp³-hybridized carbons (Fsp3) is 0.111. The Bertz CT molecular complexity index is 778. The maximum absolute atomic E-state index is 10.6. The van der Waals surface area contributed by atoms with E-state index in [1.807, 2.05) is 42.5 Å². The van der Waals surface area contributed by atoms with E-state index in [-0.39, 0.29) is 0 Å². The van der Waals surface area contributed by atoms with Gasteiger partial charge in [0, 0.05) is 16.5 Å². The van der Waals surface area contributed by atoms with Gasteiger partial charge in [-0.3, -0.25) is 0 Å². The molecule has 0 heterocycles. The number of halogens is 2. The van der Waals surface area contributed by atoms with E-state index in [1.54, 1.807) is 18.2 Å². The van der Waals surface area contributed by atoms with E-state index in [0.29, 0.717) is 16.5 Å². The van der Waals surface area contributed by atoms with Gasteiger partial charge in [-0.15, -0.1) is 0 Å². The van der Waals surface area contributed by atoms with Gasteiger partial charge in [-0.2, -0.15) is 0 Å². The average Bonchev–Trinajstić information content (AvgIpc) is 2.50. The molecule has 0 saturated carbocycles. The third kappa shape index (κ3) is 3.06. The van der Waals surface area contributed by atoms with Gasteiger partial charge in [-0.1, -0.05) is 65.7 Å². The second-order valence-electron chi connectivity index (χ2n) is 5.02. The summed E-state index contributed by atoms with van der Waals surface area (Å²) in [6.45, 7) is 0. The Labute approximate surface area is 133 Å². The minimum absolute atomic E-state index is 0.438. The molecule has 21 heavy (non-hydrogen) atoms. The van der Waals surface area contributed by atoms with Gasteiger partial charge >= 0.3 is 0 Å². The van der Waals surface area contributed by atoms with Crippen LogP contribution in [0.3, 0.4) is 0 Å². The fourth-order valence-corrected chi connectivity index (χ4v) is 2.95. The molecule has 0 aliphatic carbocycles. The minimum atomic E-state index is -0.618. The van der Waals surface area contributed by atoms with Gasteiger partial charge in [0.05, 0.1) is 6.10 Å². The molecule has 0 spiro atoms. The van der Waals surface area contributed by atoms with Gasteiger partial charge in [-0.25, -0.2) is 0 Å². The molecule has 106 valence electrons. The highest BCUT2D eigenvalue weighted by molar-refractivity contribution is 6.33. The second-order valence-corrected chi connectivity index (χ2v) is 5.87. The summed E-state index contributed by atoms with van der Waals surface area (Å²) in [5, 5.41) is 14.0. The molecule has 1 atom stereocenters. The van der Waals surface area contributed by atoms with Crippen molar-refractivity contribution >= 4 is 34.0 Å². The van der Waals surface area contributed by atoms with E-state index in [9.17, 15) is 5.11 Å². The lowest BCUT2D eigenvalue weighted by molar-refractivity contribution is 0.180. The summed E-state index contributed by atoms with van der Waals surface area (Å²) < 4.78 is 0. The summed E-state index contributed by atoms with van der Waals surface area (Å²) in [5.74, 6) is 0. The molecule has 3 aromatic rings. The second kappa shape index (κ2) is 6.07. The van der Waals surface area contributed by atoms with Crippen LogP contribution in [0.5, 0.6) is 0 Å². The predicted octanol–water partition coefficient (Wildman–Crippen LogP) is 5.42. The molecule has 0 bridgehead atoms. The summed E-state index contributed by atoms with van der Waals surface area (Å²) in [6.07, 6.45) is -0.181. The number of aliphatic hydroxyl groups is 1. The van der Waals surface area contributed by atoms with Gasteiger partial charge in [0.1, 0.15) is 0 Å². The Morgan fingerprint density at radius 3 is 2.52 bits per heavy atom. The normalized spacial score (nSPS) is 12.5. The Morgan fingerprint density at radius 1 is 0.905 bits per heavy atom. The van der Waals surface area contributed by atoms with Crippen LogP contribution in [0.15, 0.2) is 60.7 Å². The Morgan fingerprint density at radius 2 is 1.67 bits per heavy atom. The zero-order chi connectivity index (χ0) is 14.8. The number of hydrogen-bond donors (Lipinski definition) is 1. The monoisotopic (exact) mass is 316 g/mol. The largest absolute Gasteiger partial charge is 0.388 e. The van der Waals surface area contributed by atoms with Crippen LogP contribution in [0.4, 0.5) is 0 Å². The topological polar surface area (TPSA) is 20.2 Å². The standard InChI is InChI=1S/C18H14Cl2O/c19-14-8-9-17(20)13(10-14)11-18(21)16-7-3-5-12-4-1-2-6-15(12)16/h1-10,18,21H,11H2. The van der Waals surface area contributed by atoms with Crippen molar-refractivity contribution in [2.24, 2.45) is 0 Å². The van der Waals surface area contributed by atoms with E-state index in [2.05, 4.69) is 0 Å². The van der Waals surface area contributed by atoms with E-state index in [4.69, 9.17) is 23.2 Å². The van der Waals surface area contributed by atoms with Gasteiger partial charge in [0.15, 0.2) is 0 Å². The van der Waals surface area contributed by atoms with Gasteiger partial charge in [0.2, 0.25) is 0 Å². The SMILES string of the molecule is OC(Cc1cc(Cl)ccc1Cl)c1cccc2ccccc12. The molecule has 0 fully saturated rings. The van der Waals surface area contributed by atoms with Crippen LogP contribution in [0.2, 0.25) is 10.0 Å². The van der Waals surface area contributed by atoms with Crippen LogP contribution in [0.25, 0.3) is 10.8 Å². The molecular formula is C18H14Cl2O. The summed E-state index contributed by atoms with van der Waals surface area (Å²) in [6, 6.07) is 19.3. The van der Waals surface area contributed by atoms with Crippen molar-refractivity contribution in [3.8, 4) is 0 Å². The van der Waals surface area contributed by atoms with Crippen molar-refractivity contribution in [1.82, 2.24) is 0 Å². The molecule has 1 nitrogen and oxygen atoms in total. The van der Waals surface area contributed by atoms with Gasteiger partial charge in [0.25, 0.3) is 0 Å². The summed E-state index contributed by atoms with van der Waals surface area (Å²) >= 11 is 12.2. The lowest BCUT2D eigenvalue weighted by Gasteiger charge is -2.15. The molecule has 0 saturated heterocycles. The number of aliphatic hydroxyl groups excluding tert-OH is 1. The summed E-state index contributed by atoms with van der Waals surface area (Å²) in [5.41, 5.74) is 1.76. The smallest absolute Gasteiger partial charge is 0.0836 e. The molecule has 0 aliphatic rings. The molecule has 0 aliphatic heterocycles. The first-order chi connectivity index (χ1) is 10.1. The third-order valence-corrected chi connectivity index (χ3v) is 4.21. The maximum atomic E-state index is 10.6. The van der Waals surface area contributed by atoms with Crippen molar-refractivity contribution in [3.63, 3.8) is 0 Å². The van der Waals surface area contributed by atoms with Crippen molar-refractivity contribution in [3.05, 3.63) is 81.8 Å². The fourth-order valence-electron chi connectivity index (χ4n) is 2.56. The quantitative estimate of drug-likeness (QED) is 0.683. The first kappa shape index (κ1) is 14.4. The maximum Gasteiger partial charge on any atom is 0.0836 e. The first-order valence-electron chi connectivity index (χ1n) is 6.75. The molecular weight excluding hydrogens is 303 g/mol. The van der Waals surface area contributed by atoms with Crippen molar-refractivity contribution in [1.29, 1.82) is 0 Å². The lowest BCUT2D eigenvalue weighted by Crippen LogP contribution is -2.03. The molecule has 0 aromatic heterocycles. The van der Waals surface area contributed by atoms with Crippen LogP contribution < -0.4 is 0 Å². The Balaban J connectivity index is 1.97. The predicted molar refractivity (Wildman–Crippen MR) is 89.1 cm³/mol. The molecule has 1 unspecified atom stereocenters. The summed E-state index contributed by atoms with van der Waals surface area (Å²) in [4.78, 5) is 0. The number of benzene rings is 3. The number of hydrogen-bond acceptors (Lipinski definition) is 1.